The van der Waals surface area contributed by atoms with Crippen molar-refractivity contribution >= 4 is 11.6 Å². The van der Waals surface area contributed by atoms with Crippen LogP contribution in [-0.4, -0.2) is 25.7 Å². The zero-order valence-electron chi connectivity index (χ0n) is 14.8. The van der Waals surface area contributed by atoms with Gasteiger partial charge in [-0.1, -0.05) is 63.6 Å². The van der Waals surface area contributed by atoms with E-state index in [-0.39, 0.29) is 5.91 Å². The van der Waals surface area contributed by atoms with Crippen molar-refractivity contribution in [1.82, 2.24) is 0 Å². The van der Waals surface area contributed by atoms with E-state index in [0.29, 0.717) is 13.2 Å². The van der Waals surface area contributed by atoms with E-state index in [1.165, 1.54) is 38.5 Å². The molecule has 24 heavy (non-hydrogen) atoms. The number of anilines is 1. The molecule has 132 valence electrons. The van der Waals surface area contributed by atoms with E-state index in [4.69, 9.17) is 9.47 Å². The first-order valence-electron chi connectivity index (χ1n) is 9.49. The summed E-state index contributed by atoms with van der Waals surface area (Å²) < 4.78 is 11.7. The summed E-state index contributed by atoms with van der Waals surface area (Å²) in [5, 5.41) is 0. The van der Waals surface area contributed by atoms with Crippen LogP contribution in [0.4, 0.5) is 5.69 Å². The summed E-state index contributed by atoms with van der Waals surface area (Å²) >= 11 is 0. The SMILES string of the molecule is CCCCCCCCCN1C(=O)C2(OCCCO2)c2ccccc21. The maximum atomic E-state index is 13.0. The number of hydrogen-bond acceptors (Lipinski definition) is 3. The molecule has 4 heteroatoms. The van der Waals surface area contributed by atoms with Crippen LogP contribution in [0.3, 0.4) is 0 Å². The van der Waals surface area contributed by atoms with Gasteiger partial charge in [0.1, 0.15) is 0 Å². The van der Waals surface area contributed by atoms with E-state index in [0.717, 1.165) is 30.6 Å². The number of amides is 1. The maximum Gasteiger partial charge on any atom is 0.292 e. The molecule has 2 aliphatic heterocycles. The van der Waals surface area contributed by atoms with Gasteiger partial charge in [0.15, 0.2) is 0 Å². The summed E-state index contributed by atoms with van der Waals surface area (Å²) in [5.41, 5.74) is 1.83. The van der Waals surface area contributed by atoms with Crippen LogP contribution in [0.1, 0.15) is 63.9 Å². The molecule has 1 fully saturated rings. The van der Waals surface area contributed by atoms with Gasteiger partial charge in [0.25, 0.3) is 11.7 Å². The van der Waals surface area contributed by atoms with Gasteiger partial charge in [-0.2, -0.15) is 0 Å². The number of benzene rings is 1. The van der Waals surface area contributed by atoms with Crippen LogP contribution in [-0.2, 0) is 20.1 Å². The number of fused-ring (bicyclic) bond motifs is 2. The molecule has 1 spiro atoms. The Morgan fingerprint density at radius 2 is 1.67 bits per heavy atom. The molecule has 2 heterocycles. The highest BCUT2D eigenvalue weighted by Gasteiger charge is 2.54. The van der Waals surface area contributed by atoms with Crippen LogP contribution >= 0.6 is 0 Å². The Kier molecular flexibility index (Phi) is 5.90. The number of ether oxygens (including phenoxy) is 2. The monoisotopic (exact) mass is 331 g/mol. The number of carbonyl (C=O) groups is 1. The highest BCUT2D eigenvalue weighted by atomic mass is 16.7. The molecule has 0 radical (unpaired) electrons. The summed E-state index contributed by atoms with van der Waals surface area (Å²) in [6.45, 7) is 4.14. The Balaban J connectivity index is 1.61. The second-order valence-corrected chi connectivity index (χ2v) is 6.76. The lowest BCUT2D eigenvalue weighted by Gasteiger charge is -2.32. The minimum absolute atomic E-state index is 0.0469. The molecule has 3 rings (SSSR count). The topological polar surface area (TPSA) is 38.8 Å². The van der Waals surface area contributed by atoms with Gasteiger partial charge in [0.05, 0.1) is 18.9 Å². The predicted octanol–water partition coefficient (Wildman–Crippen LogP) is 4.37. The summed E-state index contributed by atoms with van der Waals surface area (Å²) in [6.07, 6.45) is 9.53. The van der Waals surface area contributed by atoms with Crippen molar-refractivity contribution in [3.63, 3.8) is 0 Å². The average molecular weight is 331 g/mol. The maximum absolute atomic E-state index is 13.0. The Morgan fingerprint density at radius 1 is 1.00 bits per heavy atom. The smallest absolute Gasteiger partial charge is 0.292 e. The summed E-state index contributed by atoms with van der Waals surface area (Å²) in [6, 6.07) is 7.89. The predicted molar refractivity (Wildman–Crippen MR) is 95.0 cm³/mol. The van der Waals surface area contributed by atoms with E-state index in [1.807, 2.05) is 29.2 Å². The number of carbonyl (C=O) groups excluding carboxylic acids is 1. The first kappa shape index (κ1) is 17.4. The van der Waals surface area contributed by atoms with Gasteiger partial charge in [-0.05, 0) is 18.9 Å². The van der Waals surface area contributed by atoms with Gasteiger partial charge >= 0.3 is 0 Å². The van der Waals surface area contributed by atoms with Crippen molar-refractivity contribution in [3.8, 4) is 0 Å². The molecular formula is C20H29NO3. The van der Waals surface area contributed by atoms with Crippen LogP contribution in [0.25, 0.3) is 0 Å². The van der Waals surface area contributed by atoms with Gasteiger partial charge in [0, 0.05) is 12.1 Å². The van der Waals surface area contributed by atoms with Gasteiger partial charge in [-0.3, -0.25) is 4.79 Å². The normalized spacial score (nSPS) is 19.0. The number of rotatable bonds is 8. The first-order valence-corrected chi connectivity index (χ1v) is 9.49. The van der Waals surface area contributed by atoms with Crippen molar-refractivity contribution in [2.24, 2.45) is 0 Å². The third-order valence-electron chi connectivity index (χ3n) is 4.96. The van der Waals surface area contributed by atoms with Crippen LogP contribution in [0.5, 0.6) is 0 Å². The molecule has 0 saturated carbocycles. The van der Waals surface area contributed by atoms with Crippen LogP contribution in [0, 0.1) is 0 Å². The highest BCUT2D eigenvalue weighted by Crippen LogP contribution is 2.45. The number of hydrogen-bond donors (Lipinski definition) is 0. The van der Waals surface area contributed by atoms with Crippen molar-refractivity contribution in [3.05, 3.63) is 29.8 Å². The molecule has 1 amide bonds. The molecule has 1 saturated heterocycles. The molecule has 0 aromatic heterocycles. The molecule has 0 atom stereocenters. The van der Waals surface area contributed by atoms with Crippen molar-refractivity contribution in [2.75, 3.05) is 24.7 Å². The Hall–Kier alpha value is -1.39. The fraction of sp³-hybridized carbons (Fsp3) is 0.650. The molecule has 0 bridgehead atoms. The van der Waals surface area contributed by atoms with Gasteiger partial charge in [-0.15, -0.1) is 0 Å². The van der Waals surface area contributed by atoms with Gasteiger partial charge in [-0.25, -0.2) is 0 Å². The quantitative estimate of drug-likeness (QED) is 0.664. The standard InChI is InChI=1S/C20H29NO3/c1-2-3-4-5-6-7-10-14-21-18-13-9-8-12-17(18)20(19(21)22)23-15-11-16-24-20/h8-9,12-13H,2-7,10-11,14-16H2,1H3. The molecule has 1 aromatic carbocycles. The third-order valence-corrected chi connectivity index (χ3v) is 4.96. The molecule has 4 nitrogen and oxygen atoms in total. The number of nitrogens with zero attached hydrogens (tertiary/aromatic N) is 1. The molecule has 0 aliphatic carbocycles. The van der Waals surface area contributed by atoms with Crippen LogP contribution in [0.2, 0.25) is 0 Å². The van der Waals surface area contributed by atoms with E-state index in [1.54, 1.807) is 0 Å². The fourth-order valence-electron chi connectivity index (χ4n) is 3.65. The highest BCUT2D eigenvalue weighted by molar-refractivity contribution is 6.06. The summed E-state index contributed by atoms with van der Waals surface area (Å²) in [5.74, 6) is -1.23. The van der Waals surface area contributed by atoms with Gasteiger partial charge < -0.3 is 14.4 Å². The average Bonchev–Trinajstić information content (AvgIpc) is 2.84. The molecule has 1 aromatic rings. The van der Waals surface area contributed by atoms with E-state index in [9.17, 15) is 4.79 Å². The van der Waals surface area contributed by atoms with Crippen LogP contribution in [0.15, 0.2) is 24.3 Å². The van der Waals surface area contributed by atoms with Crippen molar-refractivity contribution < 1.29 is 14.3 Å². The van der Waals surface area contributed by atoms with E-state index >= 15 is 0 Å². The van der Waals surface area contributed by atoms with Gasteiger partial charge in [0.2, 0.25) is 0 Å². The second-order valence-electron chi connectivity index (χ2n) is 6.76. The summed E-state index contributed by atoms with van der Waals surface area (Å²) in [4.78, 5) is 14.9. The largest absolute Gasteiger partial charge is 0.338 e. The van der Waals surface area contributed by atoms with Crippen molar-refractivity contribution in [1.29, 1.82) is 0 Å². The minimum Gasteiger partial charge on any atom is -0.338 e. The van der Waals surface area contributed by atoms with Crippen molar-refractivity contribution in [2.45, 2.75) is 64.1 Å². The molecular weight excluding hydrogens is 302 g/mol. The lowest BCUT2D eigenvalue weighted by atomic mass is 10.1. The van der Waals surface area contributed by atoms with Crippen LogP contribution < -0.4 is 4.90 Å². The molecule has 2 aliphatic rings. The first-order chi connectivity index (χ1) is 11.8. The second kappa shape index (κ2) is 8.13. The Morgan fingerprint density at radius 3 is 2.42 bits per heavy atom. The summed E-state index contributed by atoms with van der Waals surface area (Å²) in [7, 11) is 0. The van der Waals surface area contributed by atoms with E-state index in [2.05, 4.69) is 6.92 Å². The Labute approximate surface area is 145 Å². The van der Waals surface area contributed by atoms with E-state index < -0.39 is 5.79 Å². The third kappa shape index (κ3) is 3.35. The molecule has 0 unspecified atom stereocenters. The minimum atomic E-state index is -1.18. The number of unbranched alkanes of at least 4 members (excludes halogenated alkanes) is 6. The lowest BCUT2D eigenvalue weighted by Crippen LogP contribution is -2.47. The zero-order chi connectivity index (χ0) is 16.8. The number of para-hydroxylation sites is 1. The lowest BCUT2D eigenvalue weighted by molar-refractivity contribution is -0.256. The Bertz CT molecular complexity index is 552. The zero-order valence-corrected chi connectivity index (χ0v) is 14.8. The molecule has 0 N–H and O–H groups in total. The fourth-order valence-corrected chi connectivity index (χ4v) is 3.65.